The first kappa shape index (κ1) is 16.3. The van der Waals surface area contributed by atoms with Gasteiger partial charge in [-0.05, 0) is 12.2 Å². The van der Waals surface area contributed by atoms with Gasteiger partial charge in [0.15, 0.2) is 0 Å². The van der Waals surface area contributed by atoms with Crippen molar-refractivity contribution >= 4 is 21.9 Å². The summed E-state index contributed by atoms with van der Waals surface area (Å²) in [7, 11) is -3.25. The van der Waals surface area contributed by atoms with E-state index in [-0.39, 0.29) is 0 Å². The molecule has 98 valence electrons. The standard InChI is InChI=1S/C11H24O3S2/c1-3-4-5-6-7-8-10-15-11-9-14-16(2,12)13/h3-11H2,1-2H3. The minimum Gasteiger partial charge on any atom is -0.269 e. The van der Waals surface area contributed by atoms with Crippen molar-refractivity contribution in [2.45, 2.75) is 45.4 Å². The third-order valence-electron chi connectivity index (χ3n) is 2.17. The largest absolute Gasteiger partial charge is 0.269 e. The van der Waals surface area contributed by atoms with Gasteiger partial charge in [0.1, 0.15) is 0 Å². The van der Waals surface area contributed by atoms with Gasteiger partial charge in [-0.3, -0.25) is 4.18 Å². The summed E-state index contributed by atoms with van der Waals surface area (Å²) in [5.74, 6) is 1.88. The van der Waals surface area contributed by atoms with E-state index >= 15 is 0 Å². The zero-order chi connectivity index (χ0) is 12.3. The maximum atomic E-state index is 10.6. The van der Waals surface area contributed by atoms with Crippen LogP contribution in [0, 0.1) is 0 Å². The lowest BCUT2D eigenvalue weighted by molar-refractivity contribution is 0.345. The van der Waals surface area contributed by atoms with E-state index < -0.39 is 10.1 Å². The van der Waals surface area contributed by atoms with Gasteiger partial charge in [-0.25, -0.2) is 0 Å². The Bertz CT molecular complexity index is 238. The second-order valence-electron chi connectivity index (χ2n) is 3.91. The van der Waals surface area contributed by atoms with Gasteiger partial charge in [-0.1, -0.05) is 39.0 Å². The number of unbranched alkanes of at least 4 members (excludes halogenated alkanes) is 5. The quantitative estimate of drug-likeness (QED) is 0.427. The van der Waals surface area contributed by atoms with E-state index in [1.54, 1.807) is 11.8 Å². The molecule has 0 rings (SSSR count). The van der Waals surface area contributed by atoms with Crippen LogP contribution in [0.5, 0.6) is 0 Å². The molecular weight excluding hydrogens is 244 g/mol. The highest BCUT2D eigenvalue weighted by molar-refractivity contribution is 7.99. The minimum atomic E-state index is -3.25. The first-order chi connectivity index (χ1) is 7.56. The van der Waals surface area contributed by atoms with Crippen LogP contribution in [0.3, 0.4) is 0 Å². The summed E-state index contributed by atoms with van der Waals surface area (Å²) in [6.07, 6.45) is 8.91. The molecule has 0 radical (unpaired) electrons. The predicted molar refractivity (Wildman–Crippen MR) is 71.5 cm³/mol. The lowest BCUT2D eigenvalue weighted by Crippen LogP contribution is -2.05. The molecule has 0 fully saturated rings. The molecule has 0 aromatic rings. The van der Waals surface area contributed by atoms with E-state index in [4.69, 9.17) is 0 Å². The van der Waals surface area contributed by atoms with Gasteiger partial charge >= 0.3 is 0 Å². The highest BCUT2D eigenvalue weighted by atomic mass is 32.2. The van der Waals surface area contributed by atoms with Crippen LogP contribution in [0.25, 0.3) is 0 Å². The summed E-state index contributed by atoms with van der Waals surface area (Å²) >= 11 is 1.77. The second-order valence-corrected chi connectivity index (χ2v) is 6.77. The summed E-state index contributed by atoms with van der Waals surface area (Å²) in [5, 5.41) is 0. The van der Waals surface area contributed by atoms with E-state index in [1.807, 2.05) is 0 Å². The van der Waals surface area contributed by atoms with Crippen LogP contribution in [-0.4, -0.2) is 32.8 Å². The van der Waals surface area contributed by atoms with E-state index in [0.717, 1.165) is 17.8 Å². The monoisotopic (exact) mass is 268 g/mol. The third-order valence-corrected chi connectivity index (χ3v) is 3.79. The molecule has 5 heteroatoms. The number of thioether (sulfide) groups is 1. The molecule has 0 aliphatic heterocycles. The Labute approximate surface area is 104 Å². The van der Waals surface area contributed by atoms with Gasteiger partial charge < -0.3 is 0 Å². The van der Waals surface area contributed by atoms with Gasteiger partial charge in [-0.15, -0.1) is 0 Å². The van der Waals surface area contributed by atoms with Crippen LogP contribution in [0.2, 0.25) is 0 Å². The van der Waals surface area contributed by atoms with E-state index in [0.29, 0.717) is 6.61 Å². The molecule has 0 amide bonds. The molecular formula is C11H24O3S2. The number of rotatable bonds is 11. The molecule has 0 bridgehead atoms. The van der Waals surface area contributed by atoms with Gasteiger partial charge in [-0.2, -0.15) is 20.2 Å². The summed E-state index contributed by atoms with van der Waals surface area (Å²) in [6.45, 7) is 2.52. The molecule has 0 aliphatic carbocycles. The Balaban J connectivity index is 3.05. The van der Waals surface area contributed by atoms with Crippen LogP contribution in [0.1, 0.15) is 45.4 Å². The molecule has 0 heterocycles. The zero-order valence-corrected chi connectivity index (χ0v) is 12.0. The van der Waals surface area contributed by atoms with E-state index in [1.165, 1.54) is 38.5 Å². The Kier molecular flexibility index (Phi) is 10.6. The van der Waals surface area contributed by atoms with Crippen molar-refractivity contribution in [2.75, 3.05) is 24.4 Å². The van der Waals surface area contributed by atoms with Crippen molar-refractivity contribution in [3.05, 3.63) is 0 Å². The topological polar surface area (TPSA) is 43.4 Å². The smallest absolute Gasteiger partial charge is 0.264 e. The fraction of sp³-hybridized carbons (Fsp3) is 1.00. The van der Waals surface area contributed by atoms with Crippen molar-refractivity contribution in [3.63, 3.8) is 0 Å². The van der Waals surface area contributed by atoms with Crippen molar-refractivity contribution in [1.29, 1.82) is 0 Å². The summed E-state index contributed by atoms with van der Waals surface area (Å²) in [6, 6.07) is 0. The minimum absolute atomic E-state index is 0.305. The van der Waals surface area contributed by atoms with Crippen LogP contribution < -0.4 is 0 Å². The van der Waals surface area contributed by atoms with Crippen molar-refractivity contribution in [1.82, 2.24) is 0 Å². The lowest BCUT2D eigenvalue weighted by atomic mass is 10.1. The van der Waals surface area contributed by atoms with Crippen LogP contribution in [0.15, 0.2) is 0 Å². The van der Waals surface area contributed by atoms with Crippen LogP contribution in [0.4, 0.5) is 0 Å². The van der Waals surface area contributed by atoms with Gasteiger partial charge in [0.25, 0.3) is 10.1 Å². The second kappa shape index (κ2) is 10.4. The predicted octanol–water partition coefficient (Wildman–Crippen LogP) is 3.06. The molecule has 0 atom stereocenters. The van der Waals surface area contributed by atoms with Crippen LogP contribution >= 0.6 is 11.8 Å². The van der Waals surface area contributed by atoms with Crippen molar-refractivity contribution in [2.24, 2.45) is 0 Å². The summed E-state index contributed by atoms with van der Waals surface area (Å²) in [4.78, 5) is 0. The SMILES string of the molecule is CCCCCCCCSCCOS(C)(=O)=O. The molecule has 16 heavy (non-hydrogen) atoms. The van der Waals surface area contributed by atoms with Gasteiger partial charge in [0, 0.05) is 5.75 Å². The molecule has 0 saturated carbocycles. The maximum absolute atomic E-state index is 10.6. The molecule has 0 saturated heterocycles. The molecule has 0 aromatic heterocycles. The van der Waals surface area contributed by atoms with E-state index in [9.17, 15) is 8.42 Å². The maximum Gasteiger partial charge on any atom is 0.264 e. The fourth-order valence-electron chi connectivity index (χ4n) is 1.33. The van der Waals surface area contributed by atoms with Crippen molar-refractivity contribution in [3.8, 4) is 0 Å². The average molecular weight is 268 g/mol. The molecule has 0 spiro atoms. The Morgan fingerprint density at radius 1 is 1.00 bits per heavy atom. The molecule has 0 aromatic carbocycles. The van der Waals surface area contributed by atoms with Crippen LogP contribution in [-0.2, 0) is 14.3 Å². The first-order valence-electron chi connectivity index (χ1n) is 5.98. The summed E-state index contributed by atoms with van der Waals surface area (Å²) in [5.41, 5.74) is 0. The number of hydrogen-bond acceptors (Lipinski definition) is 4. The van der Waals surface area contributed by atoms with E-state index in [2.05, 4.69) is 11.1 Å². The third kappa shape index (κ3) is 14.3. The molecule has 0 N–H and O–H groups in total. The van der Waals surface area contributed by atoms with Gasteiger partial charge in [0.05, 0.1) is 12.9 Å². The normalized spacial score (nSPS) is 11.9. The Morgan fingerprint density at radius 3 is 2.25 bits per heavy atom. The molecule has 0 aliphatic rings. The Morgan fingerprint density at radius 2 is 1.62 bits per heavy atom. The molecule has 0 unspecified atom stereocenters. The molecule has 3 nitrogen and oxygen atoms in total. The zero-order valence-electron chi connectivity index (χ0n) is 10.4. The van der Waals surface area contributed by atoms with Gasteiger partial charge in [0.2, 0.25) is 0 Å². The highest BCUT2D eigenvalue weighted by Crippen LogP contribution is 2.09. The highest BCUT2D eigenvalue weighted by Gasteiger charge is 2.00. The lowest BCUT2D eigenvalue weighted by Gasteiger charge is -2.02. The number of hydrogen-bond donors (Lipinski definition) is 0. The fourth-order valence-corrected chi connectivity index (χ4v) is 2.64. The average Bonchev–Trinajstić information content (AvgIpc) is 2.19. The summed E-state index contributed by atoms with van der Waals surface area (Å²) < 4.78 is 25.9. The Hall–Kier alpha value is 0.260. The first-order valence-corrected chi connectivity index (χ1v) is 8.95. The van der Waals surface area contributed by atoms with Crippen molar-refractivity contribution < 1.29 is 12.6 Å².